The van der Waals surface area contributed by atoms with Crippen LogP contribution in [0.1, 0.15) is 53.9 Å². The van der Waals surface area contributed by atoms with Crippen molar-refractivity contribution in [1.29, 1.82) is 0 Å². The minimum absolute atomic E-state index is 0.0173. The van der Waals surface area contributed by atoms with Crippen molar-refractivity contribution in [3.63, 3.8) is 0 Å². The third-order valence-corrected chi connectivity index (χ3v) is 6.29. The number of benzene rings is 2. The van der Waals surface area contributed by atoms with E-state index in [0.717, 1.165) is 17.7 Å². The lowest BCUT2D eigenvalue weighted by Crippen LogP contribution is -2.53. The van der Waals surface area contributed by atoms with Gasteiger partial charge in [-0.2, -0.15) is 0 Å². The maximum atomic E-state index is 14.1. The van der Waals surface area contributed by atoms with Crippen molar-refractivity contribution in [1.82, 2.24) is 4.90 Å². The quantitative estimate of drug-likeness (QED) is 0.645. The van der Waals surface area contributed by atoms with Crippen molar-refractivity contribution >= 4 is 28.5 Å². The Morgan fingerprint density at radius 2 is 1.71 bits per heavy atom. The van der Waals surface area contributed by atoms with Gasteiger partial charge in [0, 0.05) is 18.7 Å². The first-order chi connectivity index (χ1) is 15.0. The van der Waals surface area contributed by atoms with Crippen LogP contribution >= 0.6 is 0 Å². The highest BCUT2D eigenvalue weighted by atomic mass is 16.3. The molecule has 6 nitrogen and oxygen atoms in total. The SMILES string of the molecule is CCCN1C(=O)C2(c3ccccc31)c1c(oc3ccc(C)cc3c1=O)C(=O)N2CCC. The van der Waals surface area contributed by atoms with E-state index in [9.17, 15) is 14.4 Å². The number of carbonyl (C=O) groups is 2. The van der Waals surface area contributed by atoms with Gasteiger partial charge in [0.2, 0.25) is 5.76 Å². The highest BCUT2D eigenvalue weighted by Gasteiger charge is 2.64. The number of fused-ring (bicyclic) bond motifs is 5. The molecule has 0 fully saturated rings. The average molecular weight is 416 g/mol. The first kappa shape index (κ1) is 19.5. The second-order valence-electron chi connectivity index (χ2n) is 8.28. The predicted octanol–water partition coefficient (Wildman–Crippen LogP) is 3.97. The van der Waals surface area contributed by atoms with Crippen molar-refractivity contribution in [2.24, 2.45) is 0 Å². The van der Waals surface area contributed by atoms with Crippen molar-refractivity contribution in [3.05, 3.63) is 75.1 Å². The molecule has 1 spiro atoms. The molecule has 2 aliphatic heterocycles. The zero-order valence-corrected chi connectivity index (χ0v) is 17.9. The zero-order valence-electron chi connectivity index (χ0n) is 17.9. The smallest absolute Gasteiger partial charge is 0.291 e. The van der Waals surface area contributed by atoms with Crippen molar-refractivity contribution in [2.75, 3.05) is 18.0 Å². The molecule has 0 aliphatic carbocycles. The molecule has 1 aromatic heterocycles. The van der Waals surface area contributed by atoms with Crippen LogP contribution in [0.3, 0.4) is 0 Å². The van der Waals surface area contributed by atoms with Crippen molar-refractivity contribution in [2.45, 2.75) is 39.2 Å². The Balaban J connectivity index is 1.93. The van der Waals surface area contributed by atoms with Gasteiger partial charge in [-0.3, -0.25) is 14.4 Å². The van der Waals surface area contributed by atoms with E-state index < -0.39 is 11.4 Å². The molecule has 0 radical (unpaired) electrons. The Hall–Kier alpha value is -3.41. The standard InChI is InChI=1S/C25H24N2O4/c1-4-12-26-18-9-7-6-8-17(18)25(24(26)30)20-21(28)16-14-15(3)10-11-19(16)31-22(20)23(29)27(25)13-5-2/h6-11,14H,4-5,12-13H2,1-3H3. The number of amides is 2. The number of hydrogen-bond donors (Lipinski definition) is 0. The second kappa shape index (κ2) is 6.80. The van der Waals surface area contributed by atoms with E-state index in [1.165, 1.54) is 0 Å². The Bertz CT molecular complexity index is 1310. The van der Waals surface area contributed by atoms with Gasteiger partial charge in [0.15, 0.2) is 11.0 Å². The highest BCUT2D eigenvalue weighted by Crippen LogP contribution is 2.52. The van der Waals surface area contributed by atoms with Gasteiger partial charge in [0.25, 0.3) is 11.8 Å². The molecule has 2 aromatic carbocycles. The fourth-order valence-electron chi connectivity index (χ4n) is 5.07. The number of hydrogen-bond acceptors (Lipinski definition) is 4. The summed E-state index contributed by atoms with van der Waals surface area (Å²) in [7, 11) is 0. The molecular formula is C25H24N2O4. The Kier molecular flexibility index (Phi) is 4.29. The molecule has 1 unspecified atom stereocenters. The van der Waals surface area contributed by atoms with Crippen LogP contribution in [0.5, 0.6) is 0 Å². The van der Waals surface area contributed by atoms with Crippen LogP contribution in [0.4, 0.5) is 5.69 Å². The van der Waals surface area contributed by atoms with E-state index in [2.05, 4.69) is 0 Å². The summed E-state index contributed by atoms with van der Waals surface area (Å²) in [5.41, 5.74) is 1.06. The van der Waals surface area contributed by atoms with Gasteiger partial charge in [0.05, 0.1) is 16.6 Å². The minimum atomic E-state index is -1.48. The molecule has 31 heavy (non-hydrogen) atoms. The van der Waals surface area contributed by atoms with E-state index >= 15 is 0 Å². The van der Waals surface area contributed by atoms with Gasteiger partial charge in [-0.05, 0) is 38.0 Å². The Labute approximate surface area is 180 Å². The van der Waals surface area contributed by atoms with Crippen LogP contribution in [0, 0.1) is 6.92 Å². The summed E-state index contributed by atoms with van der Waals surface area (Å²) in [5.74, 6) is -0.676. The summed E-state index contributed by atoms with van der Waals surface area (Å²) < 4.78 is 6.01. The molecule has 5 rings (SSSR count). The predicted molar refractivity (Wildman–Crippen MR) is 118 cm³/mol. The van der Waals surface area contributed by atoms with Crippen LogP contribution < -0.4 is 10.3 Å². The van der Waals surface area contributed by atoms with Crippen LogP contribution in [-0.2, 0) is 10.3 Å². The minimum Gasteiger partial charge on any atom is -0.450 e. The monoisotopic (exact) mass is 416 g/mol. The molecule has 0 saturated heterocycles. The molecular weight excluding hydrogens is 392 g/mol. The first-order valence-electron chi connectivity index (χ1n) is 10.8. The summed E-state index contributed by atoms with van der Waals surface area (Å²) in [6.45, 7) is 6.71. The van der Waals surface area contributed by atoms with Gasteiger partial charge >= 0.3 is 0 Å². The van der Waals surface area contributed by atoms with Crippen LogP contribution in [0.15, 0.2) is 51.7 Å². The molecule has 2 aliphatic rings. The molecule has 0 N–H and O–H groups in total. The average Bonchev–Trinajstić information content (AvgIpc) is 3.15. The van der Waals surface area contributed by atoms with Gasteiger partial charge in [-0.1, -0.05) is 43.7 Å². The summed E-state index contributed by atoms with van der Waals surface area (Å²) >= 11 is 0. The van der Waals surface area contributed by atoms with Crippen LogP contribution in [0.25, 0.3) is 11.0 Å². The van der Waals surface area contributed by atoms with E-state index in [4.69, 9.17) is 4.42 Å². The van der Waals surface area contributed by atoms with Gasteiger partial charge in [-0.15, -0.1) is 0 Å². The first-order valence-corrected chi connectivity index (χ1v) is 10.8. The highest BCUT2D eigenvalue weighted by molar-refractivity contribution is 6.17. The second-order valence-corrected chi connectivity index (χ2v) is 8.28. The molecule has 0 bridgehead atoms. The van der Waals surface area contributed by atoms with E-state index in [-0.39, 0.29) is 22.7 Å². The summed E-state index contributed by atoms with van der Waals surface area (Å²) in [5, 5.41) is 0.392. The van der Waals surface area contributed by atoms with Gasteiger partial charge in [0.1, 0.15) is 5.58 Å². The van der Waals surface area contributed by atoms with E-state index in [0.29, 0.717) is 36.0 Å². The topological polar surface area (TPSA) is 70.8 Å². The maximum absolute atomic E-state index is 14.1. The lowest BCUT2D eigenvalue weighted by molar-refractivity contribution is -0.126. The number of anilines is 1. The van der Waals surface area contributed by atoms with Crippen LogP contribution in [0.2, 0.25) is 0 Å². The Morgan fingerprint density at radius 3 is 2.45 bits per heavy atom. The van der Waals surface area contributed by atoms with E-state index in [1.54, 1.807) is 21.9 Å². The number of nitrogens with zero attached hydrogens (tertiary/aromatic N) is 2. The molecule has 3 aromatic rings. The van der Waals surface area contributed by atoms with Gasteiger partial charge in [-0.25, -0.2) is 0 Å². The molecule has 0 saturated carbocycles. The summed E-state index contributed by atoms with van der Waals surface area (Å²) in [6, 6.07) is 12.8. The maximum Gasteiger partial charge on any atom is 0.291 e. The normalized spacial score (nSPS) is 19.6. The molecule has 1 atom stereocenters. The summed E-state index contributed by atoms with van der Waals surface area (Å²) in [4.78, 5) is 44.7. The van der Waals surface area contributed by atoms with E-state index in [1.807, 2.05) is 51.1 Å². The molecule has 2 amide bonds. The lowest BCUT2D eigenvalue weighted by atomic mass is 9.84. The number of carbonyl (C=O) groups excluding carboxylic acids is 2. The number of rotatable bonds is 4. The van der Waals surface area contributed by atoms with Crippen molar-refractivity contribution in [3.8, 4) is 0 Å². The fourth-order valence-corrected chi connectivity index (χ4v) is 5.07. The number of aryl methyl sites for hydroxylation is 1. The number of para-hydroxylation sites is 1. The lowest BCUT2D eigenvalue weighted by Gasteiger charge is -2.34. The largest absolute Gasteiger partial charge is 0.450 e. The third-order valence-electron chi connectivity index (χ3n) is 6.29. The zero-order chi connectivity index (χ0) is 21.9. The van der Waals surface area contributed by atoms with Gasteiger partial charge < -0.3 is 14.2 Å². The summed E-state index contributed by atoms with van der Waals surface area (Å²) in [6.07, 6.45) is 1.41. The van der Waals surface area contributed by atoms with Crippen molar-refractivity contribution < 1.29 is 14.0 Å². The molecule has 3 heterocycles. The fraction of sp³-hybridized carbons (Fsp3) is 0.320. The molecule has 158 valence electrons. The third kappa shape index (κ3) is 2.36. The van der Waals surface area contributed by atoms with Crippen LogP contribution in [-0.4, -0.2) is 29.8 Å². The Morgan fingerprint density at radius 1 is 0.968 bits per heavy atom. The molecule has 6 heteroatoms.